The van der Waals surface area contributed by atoms with Crippen molar-refractivity contribution in [2.75, 3.05) is 13.1 Å². The highest BCUT2D eigenvalue weighted by Crippen LogP contribution is 2.14. The lowest BCUT2D eigenvalue weighted by Gasteiger charge is -2.17. The molecule has 1 amide bonds. The maximum Gasteiger partial charge on any atom is 0.317 e. The second-order valence-corrected chi connectivity index (χ2v) is 5.07. The van der Waals surface area contributed by atoms with Crippen LogP contribution in [0, 0.1) is 0 Å². The van der Waals surface area contributed by atoms with E-state index in [9.17, 15) is 14.4 Å². The topological polar surface area (TPSA) is 129 Å². The highest BCUT2D eigenvalue weighted by molar-refractivity contribution is 7.17. The van der Waals surface area contributed by atoms with E-state index in [1.165, 1.54) is 16.2 Å². The van der Waals surface area contributed by atoms with Gasteiger partial charge in [-0.15, -0.1) is 11.3 Å². The molecule has 0 saturated carbocycles. The Morgan fingerprint density at radius 1 is 1.45 bits per heavy atom. The number of aliphatic carboxylic acids is 1. The first-order valence-corrected chi connectivity index (χ1v) is 6.52. The molecule has 0 atom stereocenters. The Balaban J connectivity index is 2.25. The number of fused-ring (bicyclic) bond motifs is 1. The van der Waals surface area contributed by atoms with Gasteiger partial charge >= 0.3 is 5.97 Å². The molecule has 0 bridgehead atoms. The number of carbonyl (C=O) groups excluding carboxylic acids is 1. The number of nitrogens with one attached hydrogen (secondary N) is 1. The Bertz CT molecular complexity index is 692. The van der Waals surface area contributed by atoms with Gasteiger partial charge in [0.2, 0.25) is 5.91 Å². The van der Waals surface area contributed by atoms with Gasteiger partial charge in [0.1, 0.15) is 10.5 Å². The van der Waals surface area contributed by atoms with E-state index >= 15 is 0 Å². The minimum Gasteiger partial charge on any atom is -0.480 e. The van der Waals surface area contributed by atoms with Gasteiger partial charge in [0.15, 0.2) is 0 Å². The predicted octanol–water partition coefficient (Wildman–Crippen LogP) is -0.644. The van der Waals surface area contributed by atoms with Crippen LogP contribution in [0.3, 0.4) is 0 Å². The van der Waals surface area contributed by atoms with E-state index in [2.05, 4.69) is 9.97 Å². The number of nitrogens with two attached hydrogens (primary N) is 1. The Morgan fingerprint density at radius 2 is 2.20 bits per heavy atom. The fourth-order valence-corrected chi connectivity index (χ4v) is 2.51. The summed E-state index contributed by atoms with van der Waals surface area (Å²) in [6, 6.07) is 1.70. The minimum atomic E-state index is -1.09. The molecule has 2 aromatic rings. The SMILES string of the molecule is NC(=O)CN(CC(=O)O)Cc1nc2ccsc2c(=O)[nH]1. The lowest BCUT2D eigenvalue weighted by molar-refractivity contribution is -0.138. The standard InChI is InChI=1S/C11H12N4O4S/c12-7(16)3-15(5-9(17)18)4-8-13-6-1-2-20-10(6)11(19)14-8/h1-2H,3-5H2,(H2,12,16)(H,17,18)(H,13,14,19). The number of thiophene rings is 1. The maximum absolute atomic E-state index is 11.8. The van der Waals surface area contributed by atoms with Crippen molar-refractivity contribution in [2.24, 2.45) is 5.73 Å². The molecule has 0 unspecified atom stereocenters. The van der Waals surface area contributed by atoms with Crippen LogP contribution in [0.2, 0.25) is 0 Å². The molecule has 0 aromatic carbocycles. The summed E-state index contributed by atoms with van der Waals surface area (Å²) in [6.45, 7) is -0.567. The number of rotatable bonds is 6. The normalized spacial score (nSPS) is 11.1. The molecule has 0 saturated heterocycles. The van der Waals surface area contributed by atoms with E-state index in [-0.39, 0.29) is 25.2 Å². The Morgan fingerprint density at radius 3 is 2.85 bits per heavy atom. The number of carbonyl (C=O) groups is 2. The number of H-pyrrole nitrogens is 1. The molecule has 2 aromatic heterocycles. The summed E-state index contributed by atoms with van der Waals surface area (Å²) < 4.78 is 0.508. The quantitative estimate of drug-likeness (QED) is 0.650. The third-order valence-electron chi connectivity index (χ3n) is 2.48. The second-order valence-electron chi connectivity index (χ2n) is 4.15. The average molecular weight is 296 g/mol. The van der Waals surface area contributed by atoms with Crippen molar-refractivity contribution in [1.29, 1.82) is 0 Å². The van der Waals surface area contributed by atoms with E-state index in [4.69, 9.17) is 10.8 Å². The molecule has 0 aliphatic carbocycles. The van der Waals surface area contributed by atoms with E-state index in [1.54, 1.807) is 11.4 Å². The van der Waals surface area contributed by atoms with Crippen molar-refractivity contribution < 1.29 is 14.7 Å². The number of aromatic amines is 1. The van der Waals surface area contributed by atoms with E-state index in [0.29, 0.717) is 16.0 Å². The van der Waals surface area contributed by atoms with E-state index in [1.807, 2.05) is 0 Å². The van der Waals surface area contributed by atoms with E-state index in [0.717, 1.165) is 0 Å². The molecule has 4 N–H and O–H groups in total. The lowest BCUT2D eigenvalue weighted by Crippen LogP contribution is -2.37. The van der Waals surface area contributed by atoms with Gasteiger partial charge in [-0.1, -0.05) is 0 Å². The van der Waals surface area contributed by atoms with Crippen LogP contribution in [0.1, 0.15) is 5.82 Å². The minimum absolute atomic E-state index is 0.0241. The number of carboxylic acid groups (broad SMARTS) is 1. The fraction of sp³-hybridized carbons (Fsp3) is 0.273. The van der Waals surface area contributed by atoms with Gasteiger partial charge in [-0.05, 0) is 11.4 Å². The summed E-state index contributed by atoms with van der Waals surface area (Å²) in [4.78, 5) is 41.5. The first-order valence-electron chi connectivity index (χ1n) is 5.64. The van der Waals surface area contributed by atoms with Crippen molar-refractivity contribution in [3.63, 3.8) is 0 Å². The van der Waals surface area contributed by atoms with Gasteiger partial charge in [-0.25, -0.2) is 4.98 Å². The van der Waals surface area contributed by atoms with Gasteiger partial charge in [0.25, 0.3) is 5.56 Å². The zero-order valence-electron chi connectivity index (χ0n) is 10.3. The van der Waals surface area contributed by atoms with Crippen molar-refractivity contribution in [3.8, 4) is 0 Å². The monoisotopic (exact) mass is 296 g/mol. The van der Waals surface area contributed by atoms with Gasteiger partial charge in [-0.3, -0.25) is 19.3 Å². The first-order chi connectivity index (χ1) is 9.45. The molecule has 0 aliphatic rings. The molecule has 8 nitrogen and oxygen atoms in total. The largest absolute Gasteiger partial charge is 0.480 e. The van der Waals surface area contributed by atoms with Gasteiger partial charge < -0.3 is 15.8 Å². The van der Waals surface area contributed by atoms with Crippen molar-refractivity contribution >= 4 is 33.4 Å². The third-order valence-corrected chi connectivity index (χ3v) is 3.38. The summed E-state index contributed by atoms with van der Waals surface area (Å²) >= 11 is 1.27. The van der Waals surface area contributed by atoms with Gasteiger partial charge in [0.05, 0.1) is 25.2 Å². The van der Waals surface area contributed by atoms with Crippen LogP contribution in [0.4, 0.5) is 0 Å². The van der Waals surface area contributed by atoms with Crippen LogP contribution in [-0.4, -0.2) is 44.9 Å². The molecule has 0 radical (unpaired) electrons. The summed E-state index contributed by atoms with van der Waals surface area (Å²) in [6.07, 6.45) is 0. The predicted molar refractivity (Wildman–Crippen MR) is 72.3 cm³/mol. The van der Waals surface area contributed by atoms with Crippen molar-refractivity contribution in [1.82, 2.24) is 14.9 Å². The number of carboxylic acids is 1. The lowest BCUT2D eigenvalue weighted by atomic mass is 10.4. The fourth-order valence-electron chi connectivity index (χ4n) is 1.79. The summed E-state index contributed by atoms with van der Waals surface area (Å²) in [7, 11) is 0. The summed E-state index contributed by atoms with van der Waals surface area (Å²) in [5.41, 5.74) is 5.32. The Labute approximate surface area is 116 Å². The number of amides is 1. The van der Waals surface area contributed by atoms with Crippen LogP contribution >= 0.6 is 11.3 Å². The zero-order chi connectivity index (χ0) is 14.7. The number of aromatic nitrogens is 2. The molecule has 20 heavy (non-hydrogen) atoms. The molecule has 0 fully saturated rings. The molecular weight excluding hydrogens is 284 g/mol. The first kappa shape index (κ1) is 14.2. The van der Waals surface area contributed by atoms with Crippen molar-refractivity contribution in [2.45, 2.75) is 6.54 Å². The van der Waals surface area contributed by atoms with Crippen LogP contribution in [0.25, 0.3) is 10.2 Å². The molecule has 2 rings (SSSR count). The molecule has 106 valence electrons. The van der Waals surface area contributed by atoms with Crippen LogP contribution in [-0.2, 0) is 16.1 Å². The number of primary amides is 1. The smallest absolute Gasteiger partial charge is 0.317 e. The highest BCUT2D eigenvalue weighted by atomic mass is 32.1. The van der Waals surface area contributed by atoms with Crippen LogP contribution in [0.15, 0.2) is 16.2 Å². The van der Waals surface area contributed by atoms with Crippen LogP contribution in [0.5, 0.6) is 0 Å². The molecule has 9 heteroatoms. The van der Waals surface area contributed by atoms with Gasteiger partial charge in [0, 0.05) is 0 Å². The number of hydrogen-bond acceptors (Lipinski definition) is 6. The second kappa shape index (κ2) is 5.80. The number of hydrogen-bond donors (Lipinski definition) is 3. The van der Waals surface area contributed by atoms with Crippen molar-refractivity contribution in [3.05, 3.63) is 27.6 Å². The highest BCUT2D eigenvalue weighted by Gasteiger charge is 2.15. The molecular formula is C11H12N4O4S. The van der Waals surface area contributed by atoms with Gasteiger partial charge in [-0.2, -0.15) is 0 Å². The maximum atomic E-state index is 11.8. The molecule has 0 spiro atoms. The van der Waals surface area contributed by atoms with E-state index < -0.39 is 11.9 Å². The van der Waals surface area contributed by atoms with Crippen LogP contribution < -0.4 is 11.3 Å². The number of nitrogens with zero attached hydrogens (tertiary/aromatic N) is 2. The Hall–Kier alpha value is -2.26. The molecule has 2 heterocycles. The molecule has 0 aliphatic heterocycles. The zero-order valence-corrected chi connectivity index (χ0v) is 11.1. The summed E-state index contributed by atoms with van der Waals surface area (Å²) in [5, 5.41) is 10.5. The average Bonchev–Trinajstić information content (AvgIpc) is 2.75. The third kappa shape index (κ3) is 3.39. The summed E-state index contributed by atoms with van der Waals surface area (Å²) in [5.74, 6) is -1.45. The Kier molecular flexibility index (Phi) is 4.11.